The summed E-state index contributed by atoms with van der Waals surface area (Å²) in [6.45, 7) is 3.37. The van der Waals surface area contributed by atoms with Gasteiger partial charge < -0.3 is 9.84 Å². The minimum absolute atomic E-state index is 0.00236. The third-order valence-electron chi connectivity index (χ3n) is 4.68. The van der Waals surface area contributed by atoms with Crippen LogP contribution in [0.2, 0.25) is 0 Å². The van der Waals surface area contributed by atoms with Gasteiger partial charge in [-0.25, -0.2) is 8.42 Å². The number of nitrogens with zero attached hydrogens (tertiary/aromatic N) is 2. The summed E-state index contributed by atoms with van der Waals surface area (Å²) >= 11 is 0.348. The summed E-state index contributed by atoms with van der Waals surface area (Å²) in [5.74, 6) is -3.40. The predicted molar refractivity (Wildman–Crippen MR) is 104 cm³/mol. The van der Waals surface area contributed by atoms with E-state index in [-0.39, 0.29) is 40.0 Å². The van der Waals surface area contributed by atoms with Gasteiger partial charge in [-0.2, -0.15) is 13.1 Å². The Balaban J connectivity index is 1.75. The van der Waals surface area contributed by atoms with E-state index in [1.54, 1.807) is 25.1 Å². The van der Waals surface area contributed by atoms with Crippen molar-refractivity contribution >= 4 is 33.4 Å². The van der Waals surface area contributed by atoms with Crippen LogP contribution in [0.5, 0.6) is 0 Å². The van der Waals surface area contributed by atoms with Crippen LogP contribution in [0.3, 0.4) is 0 Å². The number of carbonyl (C=O) groups is 1. The molecule has 1 aliphatic rings. The summed E-state index contributed by atoms with van der Waals surface area (Å²) in [7, 11) is -3.85. The zero-order valence-electron chi connectivity index (χ0n) is 15.9. The second-order valence-electron chi connectivity index (χ2n) is 6.72. The van der Waals surface area contributed by atoms with E-state index < -0.39 is 27.6 Å². The van der Waals surface area contributed by atoms with Crippen LogP contribution in [0.1, 0.15) is 24.3 Å². The van der Waals surface area contributed by atoms with E-state index in [1.165, 1.54) is 17.3 Å². The van der Waals surface area contributed by atoms with E-state index >= 15 is 0 Å². The van der Waals surface area contributed by atoms with Crippen molar-refractivity contribution in [3.63, 3.8) is 0 Å². The topological polar surface area (TPSA) is 92.5 Å². The summed E-state index contributed by atoms with van der Waals surface area (Å²) in [5, 5.41) is 6.37. The van der Waals surface area contributed by atoms with Crippen molar-refractivity contribution in [2.45, 2.75) is 42.2 Å². The molecule has 1 unspecified atom stereocenters. The lowest BCUT2D eigenvalue weighted by Crippen LogP contribution is -2.44. The van der Waals surface area contributed by atoms with Crippen LogP contribution >= 0.6 is 11.8 Å². The van der Waals surface area contributed by atoms with Crippen LogP contribution in [0.4, 0.5) is 14.5 Å². The average Bonchev–Trinajstić information content (AvgIpc) is 3.02. The van der Waals surface area contributed by atoms with Crippen molar-refractivity contribution in [2.75, 3.05) is 18.4 Å². The molecule has 2 heterocycles. The number of sulfonamides is 1. The number of alkyl halides is 2. The summed E-state index contributed by atoms with van der Waals surface area (Å²) in [4.78, 5) is 13.0. The number of hydrogen-bond donors (Lipinski definition) is 1. The Kier molecular flexibility index (Phi) is 6.59. The Bertz CT molecular complexity index is 975. The molecule has 1 amide bonds. The highest BCUT2D eigenvalue weighted by Gasteiger charge is 2.36. The minimum Gasteiger partial charge on any atom is -0.360 e. The van der Waals surface area contributed by atoms with Gasteiger partial charge >= 0.3 is 0 Å². The number of piperidine rings is 1. The number of amides is 1. The molecule has 0 radical (unpaired) electrons. The average molecular weight is 446 g/mol. The molecule has 0 bridgehead atoms. The van der Waals surface area contributed by atoms with Crippen molar-refractivity contribution < 1.29 is 26.5 Å². The zero-order chi connectivity index (χ0) is 21.2. The highest BCUT2D eigenvalue weighted by molar-refractivity contribution is 7.99. The molecular formula is C18H21F2N3O4S2. The van der Waals surface area contributed by atoms with Crippen molar-refractivity contribution in [3.8, 4) is 0 Å². The number of aryl methyl sites for hydroxylation is 2. The molecule has 158 valence electrons. The molecule has 3 rings (SSSR count). The number of nitrogens with one attached hydrogen (secondary N) is 1. The van der Waals surface area contributed by atoms with Crippen LogP contribution in [0.15, 0.2) is 38.6 Å². The van der Waals surface area contributed by atoms with E-state index in [9.17, 15) is 22.0 Å². The molecular weight excluding hydrogens is 424 g/mol. The van der Waals surface area contributed by atoms with Crippen LogP contribution < -0.4 is 5.32 Å². The maximum absolute atomic E-state index is 13.0. The van der Waals surface area contributed by atoms with Crippen molar-refractivity contribution in [1.29, 1.82) is 0 Å². The highest BCUT2D eigenvalue weighted by Crippen LogP contribution is 2.33. The van der Waals surface area contributed by atoms with Gasteiger partial charge in [0.1, 0.15) is 10.6 Å². The molecule has 0 saturated carbocycles. The standard InChI is InChI=1S/C18H21F2N3O4S2/c1-11-16(12(2)27-22-11)29(25,26)23-9-5-6-13(10-23)17(24)21-14-7-3-4-8-15(14)28-18(19)20/h3-4,7-8,13,18H,5-6,9-10H2,1-2H3,(H,21,24). The number of thioether (sulfide) groups is 1. The maximum Gasteiger partial charge on any atom is 0.288 e. The van der Waals surface area contributed by atoms with Crippen LogP contribution in [0.25, 0.3) is 0 Å². The molecule has 7 nitrogen and oxygen atoms in total. The summed E-state index contributed by atoms with van der Waals surface area (Å²) in [6, 6.07) is 6.30. The minimum atomic E-state index is -3.85. The lowest BCUT2D eigenvalue weighted by molar-refractivity contribution is -0.120. The Morgan fingerprint density at radius 1 is 1.34 bits per heavy atom. The Morgan fingerprint density at radius 3 is 2.72 bits per heavy atom. The van der Waals surface area contributed by atoms with Gasteiger partial charge in [0.25, 0.3) is 5.76 Å². The molecule has 2 aromatic rings. The molecule has 1 aromatic heterocycles. The second-order valence-corrected chi connectivity index (χ2v) is 9.63. The second kappa shape index (κ2) is 8.80. The van der Waals surface area contributed by atoms with Gasteiger partial charge in [-0.05, 0) is 38.8 Å². The third kappa shape index (κ3) is 4.78. The van der Waals surface area contributed by atoms with Gasteiger partial charge in [0.2, 0.25) is 15.9 Å². The molecule has 1 aliphatic heterocycles. The summed E-state index contributed by atoms with van der Waals surface area (Å²) in [5.41, 5.74) is 0.556. The van der Waals surface area contributed by atoms with Gasteiger partial charge in [0.15, 0.2) is 5.76 Å². The lowest BCUT2D eigenvalue weighted by Gasteiger charge is -2.31. The first kappa shape index (κ1) is 21.7. The van der Waals surface area contributed by atoms with Gasteiger partial charge in [0, 0.05) is 18.0 Å². The van der Waals surface area contributed by atoms with E-state index in [2.05, 4.69) is 10.5 Å². The van der Waals surface area contributed by atoms with Gasteiger partial charge in [-0.1, -0.05) is 29.1 Å². The molecule has 29 heavy (non-hydrogen) atoms. The largest absolute Gasteiger partial charge is 0.360 e. The molecule has 11 heteroatoms. The van der Waals surface area contributed by atoms with Crippen molar-refractivity contribution in [1.82, 2.24) is 9.46 Å². The number of anilines is 1. The smallest absolute Gasteiger partial charge is 0.288 e. The Labute approximate surface area is 171 Å². The van der Waals surface area contributed by atoms with Gasteiger partial charge in [-0.15, -0.1) is 0 Å². The van der Waals surface area contributed by atoms with E-state index in [4.69, 9.17) is 4.52 Å². The first-order valence-electron chi connectivity index (χ1n) is 8.98. The fraction of sp³-hybridized carbons (Fsp3) is 0.444. The first-order chi connectivity index (χ1) is 13.7. The van der Waals surface area contributed by atoms with E-state index in [0.29, 0.717) is 24.6 Å². The van der Waals surface area contributed by atoms with E-state index in [1.807, 2.05) is 0 Å². The quantitative estimate of drug-likeness (QED) is 0.683. The number of para-hydroxylation sites is 1. The predicted octanol–water partition coefficient (Wildman–Crippen LogP) is 3.65. The number of carbonyl (C=O) groups excluding carboxylic acids is 1. The summed E-state index contributed by atoms with van der Waals surface area (Å²) < 4.78 is 57.7. The highest BCUT2D eigenvalue weighted by atomic mass is 32.2. The molecule has 1 saturated heterocycles. The maximum atomic E-state index is 13.0. The van der Waals surface area contributed by atoms with E-state index in [0.717, 1.165) is 0 Å². The SMILES string of the molecule is Cc1noc(C)c1S(=O)(=O)N1CCCC(C(=O)Nc2ccccc2SC(F)F)C1. The van der Waals surface area contributed by atoms with Crippen LogP contribution in [-0.2, 0) is 14.8 Å². The fourth-order valence-corrected chi connectivity index (χ4v) is 5.76. The number of benzene rings is 1. The molecule has 1 N–H and O–H groups in total. The number of halogens is 2. The molecule has 1 atom stereocenters. The number of hydrogen-bond acceptors (Lipinski definition) is 6. The van der Waals surface area contributed by atoms with Crippen molar-refractivity contribution in [3.05, 3.63) is 35.7 Å². The molecule has 0 aliphatic carbocycles. The molecule has 0 spiro atoms. The monoisotopic (exact) mass is 445 g/mol. The third-order valence-corrected chi connectivity index (χ3v) is 7.58. The molecule has 1 aromatic carbocycles. The van der Waals surface area contributed by atoms with Crippen LogP contribution in [-0.4, -0.2) is 42.6 Å². The Hall–Kier alpha value is -1.98. The lowest BCUT2D eigenvalue weighted by atomic mass is 9.99. The number of aromatic nitrogens is 1. The normalized spacial score (nSPS) is 18.2. The van der Waals surface area contributed by atoms with Gasteiger partial charge in [-0.3, -0.25) is 4.79 Å². The number of rotatable bonds is 6. The summed E-state index contributed by atoms with van der Waals surface area (Å²) in [6.07, 6.45) is 1.01. The molecule has 1 fully saturated rings. The fourth-order valence-electron chi connectivity index (χ4n) is 3.35. The van der Waals surface area contributed by atoms with Crippen molar-refractivity contribution in [2.24, 2.45) is 5.92 Å². The first-order valence-corrected chi connectivity index (χ1v) is 11.3. The zero-order valence-corrected chi connectivity index (χ0v) is 17.5. The van der Waals surface area contributed by atoms with Gasteiger partial charge in [0.05, 0.1) is 11.6 Å². The van der Waals surface area contributed by atoms with Crippen LogP contribution in [0, 0.1) is 19.8 Å². The Morgan fingerprint density at radius 2 is 2.07 bits per heavy atom.